The first-order valence-electron chi connectivity index (χ1n) is 7.16. The third kappa shape index (κ3) is 6.60. The molecular formula is C14H29ClN2O. The Morgan fingerprint density at radius 2 is 1.83 bits per heavy atom. The largest absolute Gasteiger partial charge is 0.354 e. The van der Waals surface area contributed by atoms with Crippen LogP contribution < -0.4 is 11.1 Å². The first-order chi connectivity index (χ1) is 8.13. The molecule has 0 aliphatic heterocycles. The van der Waals surface area contributed by atoms with Crippen LogP contribution in [0.15, 0.2) is 0 Å². The van der Waals surface area contributed by atoms with Gasteiger partial charge in [0.2, 0.25) is 5.91 Å². The maximum Gasteiger partial charge on any atom is 0.236 e. The maximum absolute atomic E-state index is 11.4. The second kappa shape index (κ2) is 9.62. The monoisotopic (exact) mass is 276 g/mol. The van der Waals surface area contributed by atoms with Gasteiger partial charge in [-0.3, -0.25) is 4.79 Å². The van der Waals surface area contributed by atoms with Crippen molar-refractivity contribution < 1.29 is 4.79 Å². The van der Waals surface area contributed by atoms with Crippen LogP contribution in [0, 0.1) is 11.8 Å². The zero-order valence-corrected chi connectivity index (χ0v) is 12.6. The molecule has 3 nitrogen and oxygen atoms in total. The van der Waals surface area contributed by atoms with Crippen LogP contribution in [0.25, 0.3) is 0 Å². The molecule has 1 amide bonds. The van der Waals surface area contributed by atoms with E-state index in [1.165, 1.54) is 44.9 Å². The van der Waals surface area contributed by atoms with Gasteiger partial charge >= 0.3 is 0 Å². The number of rotatable bonds is 6. The zero-order valence-electron chi connectivity index (χ0n) is 11.8. The lowest BCUT2D eigenvalue weighted by Gasteiger charge is -2.28. The van der Waals surface area contributed by atoms with Gasteiger partial charge in [0.15, 0.2) is 0 Å². The Hall–Kier alpha value is -0.280. The van der Waals surface area contributed by atoms with E-state index in [-0.39, 0.29) is 24.4 Å². The van der Waals surface area contributed by atoms with E-state index in [0.717, 1.165) is 12.5 Å². The summed E-state index contributed by atoms with van der Waals surface area (Å²) in [5.41, 5.74) is 5.52. The Balaban J connectivity index is 0.00000289. The van der Waals surface area contributed by atoms with Crippen LogP contribution in [0.3, 0.4) is 0 Å². The quantitative estimate of drug-likeness (QED) is 0.784. The van der Waals surface area contributed by atoms with E-state index in [2.05, 4.69) is 12.2 Å². The molecular weight excluding hydrogens is 248 g/mol. The van der Waals surface area contributed by atoms with Gasteiger partial charge in [0, 0.05) is 6.54 Å². The van der Waals surface area contributed by atoms with E-state index >= 15 is 0 Å². The summed E-state index contributed by atoms with van der Waals surface area (Å²) in [6.45, 7) is 4.81. The summed E-state index contributed by atoms with van der Waals surface area (Å²) in [5, 5.41) is 2.95. The predicted molar refractivity (Wildman–Crippen MR) is 78.9 cm³/mol. The highest BCUT2D eigenvalue weighted by atomic mass is 35.5. The Bertz CT molecular complexity index is 226. The summed E-state index contributed by atoms with van der Waals surface area (Å²) >= 11 is 0. The molecule has 0 heterocycles. The number of halogens is 1. The molecule has 3 N–H and O–H groups in total. The molecule has 0 aromatic carbocycles. The highest BCUT2D eigenvalue weighted by molar-refractivity contribution is 5.85. The van der Waals surface area contributed by atoms with Crippen LogP contribution in [0.1, 0.15) is 58.8 Å². The van der Waals surface area contributed by atoms with Crippen molar-refractivity contribution in [2.24, 2.45) is 17.6 Å². The molecule has 1 atom stereocenters. The second-order valence-corrected chi connectivity index (χ2v) is 5.56. The van der Waals surface area contributed by atoms with Gasteiger partial charge in [-0.25, -0.2) is 0 Å². The van der Waals surface area contributed by atoms with Crippen molar-refractivity contribution >= 4 is 18.3 Å². The van der Waals surface area contributed by atoms with Crippen molar-refractivity contribution in [3.05, 3.63) is 0 Å². The fraction of sp³-hybridized carbons (Fsp3) is 0.929. The van der Waals surface area contributed by atoms with Crippen LogP contribution >= 0.6 is 12.4 Å². The number of hydrogen-bond acceptors (Lipinski definition) is 2. The van der Waals surface area contributed by atoms with Gasteiger partial charge in [-0.05, 0) is 31.6 Å². The first kappa shape index (κ1) is 17.7. The minimum Gasteiger partial charge on any atom is -0.354 e. The lowest BCUT2D eigenvalue weighted by Crippen LogP contribution is -2.41. The SMILES string of the molecule is CCCCC1CCC(CNC(=O)[C@H](C)N)CC1.Cl. The number of hydrogen-bond donors (Lipinski definition) is 2. The highest BCUT2D eigenvalue weighted by Crippen LogP contribution is 2.31. The summed E-state index contributed by atoms with van der Waals surface area (Å²) in [7, 11) is 0. The van der Waals surface area contributed by atoms with Gasteiger partial charge in [0.05, 0.1) is 6.04 Å². The topological polar surface area (TPSA) is 55.1 Å². The van der Waals surface area contributed by atoms with E-state index in [1.807, 2.05) is 0 Å². The number of nitrogens with two attached hydrogens (primary N) is 1. The fourth-order valence-electron chi connectivity index (χ4n) is 2.62. The lowest BCUT2D eigenvalue weighted by atomic mass is 9.80. The van der Waals surface area contributed by atoms with Crippen molar-refractivity contribution in [2.45, 2.75) is 64.8 Å². The van der Waals surface area contributed by atoms with Gasteiger partial charge in [0.25, 0.3) is 0 Å². The summed E-state index contributed by atoms with van der Waals surface area (Å²) in [5.74, 6) is 1.60. The van der Waals surface area contributed by atoms with E-state index in [9.17, 15) is 4.79 Å². The number of unbranched alkanes of at least 4 members (excludes halogenated alkanes) is 1. The van der Waals surface area contributed by atoms with Gasteiger partial charge < -0.3 is 11.1 Å². The summed E-state index contributed by atoms with van der Waals surface area (Å²) in [6, 6.07) is -0.379. The van der Waals surface area contributed by atoms with Crippen molar-refractivity contribution in [3.63, 3.8) is 0 Å². The molecule has 108 valence electrons. The van der Waals surface area contributed by atoms with Crippen LogP contribution in [-0.2, 0) is 4.79 Å². The molecule has 18 heavy (non-hydrogen) atoms. The Kier molecular flexibility index (Phi) is 9.47. The highest BCUT2D eigenvalue weighted by Gasteiger charge is 2.21. The van der Waals surface area contributed by atoms with Crippen LogP contribution in [0.2, 0.25) is 0 Å². The molecule has 1 fully saturated rings. The van der Waals surface area contributed by atoms with Crippen LogP contribution in [-0.4, -0.2) is 18.5 Å². The van der Waals surface area contributed by atoms with E-state index in [4.69, 9.17) is 5.73 Å². The molecule has 1 saturated carbocycles. The molecule has 0 bridgehead atoms. The summed E-state index contributed by atoms with van der Waals surface area (Å²) in [4.78, 5) is 11.4. The first-order valence-corrected chi connectivity index (χ1v) is 7.16. The summed E-state index contributed by atoms with van der Waals surface area (Å²) in [6.07, 6.45) is 9.31. The zero-order chi connectivity index (χ0) is 12.7. The van der Waals surface area contributed by atoms with Gasteiger partial charge in [-0.2, -0.15) is 0 Å². The molecule has 0 spiro atoms. The standard InChI is InChI=1S/C14H28N2O.ClH/c1-3-4-5-12-6-8-13(9-7-12)10-16-14(17)11(2)15;/h11-13H,3-10,15H2,1-2H3,(H,16,17);1H/t11-,12?,13?;/m0./s1. The normalized spacial score (nSPS) is 25.1. The van der Waals surface area contributed by atoms with E-state index in [1.54, 1.807) is 6.92 Å². The Labute approximate surface area is 118 Å². The maximum atomic E-state index is 11.4. The minimum atomic E-state index is -0.379. The molecule has 0 unspecified atom stereocenters. The van der Waals surface area contributed by atoms with Crippen LogP contribution in [0.5, 0.6) is 0 Å². The van der Waals surface area contributed by atoms with Gasteiger partial charge in [-0.1, -0.05) is 39.0 Å². The number of amides is 1. The number of nitrogens with one attached hydrogen (secondary N) is 1. The predicted octanol–water partition coefficient (Wildman–Crippen LogP) is 2.87. The average molecular weight is 277 g/mol. The smallest absolute Gasteiger partial charge is 0.236 e. The van der Waals surface area contributed by atoms with E-state index in [0.29, 0.717) is 5.92 Å². The average Bonchev–Trinajstić information content (AvgIpc) is 2.34. The molecule has 1 aliphatic carbocycles. The van der Waals surface area contributed by atoms with Crippen molar-refractivity contribution in [1.82, 2.24) is 5.32 Å². The molecule has 0 aromatic heterocycles. The van der Waals surface area contributed by atoms with Gasteiger partial charge in [-0.15, -0.1) is 12.4 Å². The molecule has 0 radical (unpaired) electrons. The summed E-state index contributed by atoms with van der Waals surface area (Å²) < 4.78 is 0. The fourth-order valence-corrected chi connectivity index (χ4v) is 2.62. The molecule has 1 rings (SSSR count). The Morgan fingerprint density at radius 3 is 2.33 bits per heavy atom. The van der Waals surface area contributed by atoms with Crippen molar-refractivity contribution in [1.29, 1.82) is 0 Å². The second-order valence-electron chi connectivity index (χ2n) is 5.56. The molecule has 4 heteroatoms. The van der Waals surface area contributed by atoms with Crippen LogP contribution in [0.4, 0.5) is 0 Å². The lowest BCUT2D eigenvalue weighted by molar-refractivity contribution is -0.122. The molecule has 1 aliphatic rings. The van der Waals surface area contributed by atoms with Crippen molar-refractivity contribution in [2.75, 3.05) is 6.54 Å². The third-order valence-electron chi connectivity index (χ3n) is 3.91. The number of carbonyl (C=O) groups is 1. The molecule has 0 saturated heterocycles. The van der Waals surface area contributed by atoms with Crippen molar-refractivity contribution in [3.8, 4) is 0 Å². The number of carbonyl (C=O) groups excluding carboxylic acids is 1. The van der Waals surface area contributed by atoms with Gasteiger partial charge in [0.1, 0.15) is 0 Å². The third-order valence-corrected chi connectivity index (χ3v) is 3.91. The van der Waals surface area contributed by atoms with E-state index < -0.39 is 0 Å². The minimum absolute atomic E-state index is 0. The Morgan fingerprint density at radius 1 is 1.28 bits per heavy atom. The molecule has 0 aromatic rings.